The van der Waals surface area contributed by atoms with Crippen molar-refractivity contribution in [1.29, 1.82) is 0 Å². The predicted octanol–water partition coefficient (Wildman–Crippen LogP) is 3.61. The summed E-state index contributed by atoms with van der Waals surface area (Å²) in [5.41, 5.74) is 1.54. The van der Waals surface area contributed by atoms with Gasteiger partial charge in [0.25, 0.3) is 0 Å². The molecule has 3 aromatic rings. The lowest BCUT2D eigenvalue weighted by Crippen LogP contribution is -2.59. The van der Waals surface area contributed by atoms with Crippen molar-refractivity contribution in [3.05, 3.63) is 82.6 Å². The number of anilines is 1. The molecule has 3 heterocycles. The van der Waals surface area contributed by atoms with Crippen LogP contribution in [0, 0.1) is 0 Å². The Morgan fingerprint density at radius 2 is 1.90 bits per heavy atom. The summed E-state index contributed by atoms with van der Waals surface area (Å²) in [5.74, 6) is 0.117. The van der Waals surface area contributed by atoms with Crippen molar-refractivity contribution in [2.24, 2.45) is 0 Å². The van der Waals surface area contributed by atoms with Gasteiger partial charge in [0.2, 0.25) is 0 Å². The molecule has 10 nitrogen and oxygen atoms in total. The first kappa shape index (κ1) is 28.1. The number of rotatable bonds is 10. The average molecular weight is 569 g/mol. The van der Waals surface area contributed by atoms with E-state index in [1.165, 1.54) is 11.3 Å². The van der Waals surface area contributed by atoms with Gasteiger partial charge in [-0.2, -0.15) is 0 Å². The third-order valence-electron chi connectivity index (χ3n) is 6.82. The standard InChI is InChI=1S/C29H32N2O8S/c1-35-20-10-5-9-19(13-20)31-29(34)30-15-21-14-22-25(37-21)27(36-17-18-7-3-2-4-8-18)26(23(16-32)38-22)39-28(33)24-11-6-12-40-24/h2-13,21-23,25-27,32H,14-17H2,1H3,(H2,30,31,34). The Hall–Kier alpha value is -3.48. The monoisotopic (exact) mass is 568 g/mol. The summed E-state index contributed by atoms with van der Waals surface area (Å²) < 4.78 is 29.8. The first-order chi connectivity index (χ1) is 19.5. The minimum atomic E-state index is -0.896. The number of nitrogens with one attached hydrogen (secondary N) is 2. The Kier molecular flexibility index (Phi) is 9.30. The number of amides is 2. The summed E-state index contributed by atoms with van der Waals surface area (Å²) in [7, 11) is 1.56. The molecular weight excluding hydrogens is 536 g/mol. The Morgan fingerprint density at radius 3 is 2.65 bits per heavy atom. The van der Waals surface area contributed by atoms with Gasteiger partial charge in [-0.15, -0.1) is 11.3 Å². The van der Waals surface area contributed by atoms with Gasteiger partial charge < -0.3 is 39.4 Å². The molecule has 0 radical (unpaired) electrons. The molecule has 0 spiro atoms. The second-order valence-electron chi connectivity index (χ2n) is 9.53. The molecule has 2 aliphatic heterocycles. The van der Waals surface area contributed by atoms with Crippen LogP contribution in [-0.4, -0.2) is 74.0 Å². The van der Waals surface area contributed by atoms with Gasteiger partial charge in [0.1, 0.15) is 28.9 Å². The number of aliphatic hydroxyl groups excluding tert-OH is 1. The second-order valence-corrected chi connectivity index (χ2v) is 10.5. The minimum Gasteiger partial charge on any atom is -0.497 e. The summed E-state index contributed by atoms with van der Waals surface area (Å²) >= 11 is 1.27. The molecule has 3 N–H and O–H groups in total. The number of ether oxygens (including phenoxy) is 5. The van der Waals surface area contributed by atoms with E-state index in [0.29, 0.717) is 22.7 Å². The van der Waals surface area contributed by atoms with Crippen LogP contribution >= 0.6 is 11.3 Å². The maximum atomic E-state index is 12.9. The summed E-state index contributed by atoms with van der Waals surface area (Å²) in [6.07, 6.45) is -3.28. The number of carbonyl (C=O) groups excluding carboxylic acids is 2. The fourth-order valence-electron chi connectivity index (χ4n) is 4.92. The molecule has 5 rings (SSSR count). The number of carbonyl (C=O) groups is 2. The third-order valence-corrected chi connectivity index (χ3v) is 7.67. The van der Waals surface area contributed by atoms with Crippen LogP contribution in [-0.2, 0) is 25.6 Å². The number of urea groups is 1. The fraction of sp³-hybridized carbons (Fsp3) is 0.379. The van der Waals surface area contributed by atoms with Gasteiger partial charge in [-0.05, 0) is 29.1 Å². The van der Waals surface area contributed by atoms with E-state index in [-0.39, 0.29) is 31.9 Å². The second kappa shape index (κ2) is 13.2. The predicted molar refractivity (Wildman–Crippen MR) is 148 cm³/mol. The van der Waals surface area contributed by atoms with E-state index < -0.39 is 36.5 Å². The van der Waals surface area contributed by atoms with Crippen LogP contribution < -0.4 is 15.4 Å². The SMILES string of the molecule is COc1cccc(NC(=O)NCC2CC3OC(CO)C(OC(=O)c4cccs4)C(OCc4ccccc4)C3O2)c1. The van der Waals surface area contributed by atoms with Crippen molar-refractivity contribution in [3.8, 4) is 5.75 Å². The zero-order valence-electron chi connectivity index (χ0n) is 21.9. The van der Waals surface area contributed by atoms with Gasteiger partial charge in [0, 0.05) is 24.7 Å². The van der Waals surface area contributed by atoms with Crippen molar-refractivity contribution in [2.75, 3.05) is 25.6 Å². The highest BCUT2D eigenvalue weighted by molar-refractivity contribution is 7.11. The van der Waals surface area contributed by atoms with Crippen molar-refractivity contribution < 1.29 is 38.4 Å². The van der Waals surface area contributed by atoms with E-state index in [9.17, 15) is 14.7 Å². The van der Waals surface area contributed by atoms with Crippen molar-refractivity contribution in [1.82, 2.24) is 5.32 Å². The smallest absolute Gasteiger partial charge is 0.348 e. The van der Waals surface area contributed by atoms with Crippen molar-refractivity contribution in [3.63, 3.8) is 0 Å². The van der Waals surface area contributed by atoms with Gasteiger partial charge in [-0.1, -0.05) is 42.5 Å². The summed E-state index contributed by atoms with van der Waals surface area (Å²) in [6, 6.07) is 19.7. The molecular formula is C29H32N2O8S. The molecule has 40 heavy (non-hydrogen) atoms. The lowest BCUT2D eigenvalue weighted by atomic mass is 9.94. The maximum absolute atomic E-state index is 12.9. The lowest BCUT2D eigenvalue weighted by Gasteiger charge is -2.42. The van der Waals surface area contributed by atoms with Gasteiger partial charge in [0.05, 0.1) is 32.5 Å². The highest BCUT2D eigenvalue weighted by atomic mass is 32.1. The molecule has 0 bridgehead atoms. The van der Waals surface area contributed by atoms with Crippen molar-refractivity contribution >= 4 is 29.0 Å². The zero-order valence-corrected chi connectivity index (χ0v) is 22.8. The van der Waals surface area contributed by atoms with Crippen LogP contribution in [0.15, 0.2) is 72.1 Å². The average Bonchev–Trinajstić information content (AvgIpc) is 3.66. The van der Waals surface area contributed by atoms with E-state index in [0.717, 1.165) is 5.56 Å². The third kappa shape index (κ3) is 6.80. The normalized spacial score (nSPS) is 25.6. The van der Waals surface area contributed by atoms with Crippen LogP contribution in [0.5, 0.6) is 5.75 Å². The van der Waals surface area contributed by atoms with Gasteiger partial charge in [-0.25, -0.2) is 9.59 Å². The van der Waals surface area contributed by atoms with Crippen LogP contribution in [0.4, 0.5) is 10.5 Å². The van der Waals surface area contributed by atoms with E-state index >= 15 is 0 Å². The minimum absolute atomic E-state index is 0.223. The first-order valence-corrected chi connectivity index (χ1v) is 13.9. The van der Waals surface area contributed by atoms with E-state index in [1.54, 1.807) is 48.9 Å². The number of esters is 1. The first-order valence-electron chi connectivity index (χ1n) is 13.0. The summed E-state index contributed by atoms with van der Waals surface area (Å²) in [5, 5.41) is 17.6. The Labute approximate surface area is 236 Å². The molecule has 1 aromatic heterocycles. The van der Waals surface area contributed by atoms with Crippen LogP contribution in [0.3, 0.4) is 0 Å². The van der Waals surface area contributed by atoms with E-state index in [1.807, 2.05) is 30.3 Å². The van der Waals surface area contributed by atoms with Gasteiger partial charge >= 0.3 is 12.0 Å². The quantitative estimate of drug-likeness (QED) is 0.317. The Balaban J connectivity index is 1.26. The molecule has 11 heteroatoms. The number of hydrogen-bond acceptors (Lipinski definition) is 9. The van der Waals surface area contributed by atoms with Crippen LogP contribution in [0.25, 0.3) is 0 Å². The molecule has 6 atom stereocenters. The number of fused-ring (bicyclic) bond motifs is 1. The molecule has 2 aliphatic rings. The van der Waals surface area contributed by atoms with Gasteiger partial charge in [0.15, 0.2) is 6.10 Å². The van der Waals surface area contributed by atoms with Crippen LogP contribution in [0.1, 0.15) is 21.7 Å². The molecule has 2 fully saturated rings. The largest absolute Gasteiger partial charge is 0.497 e. The molecule has 2 amide bonds. The molecule has 0 saturated carbocycles. The number of thiophene rings is 1. The number of benzene rings is 2. The fourth-order valence-corrected chi connectivity index (χ4v) is 5.52. The van der Waals surface area contributed by atoms with E-state index in [4.69, 9.17) is 23.7 Å². The highest BCUT2D eigenvalue weighted by Gasteiger charge is 2.53. The Morgan fingerprint density at radius 1 is 1.05 bits per heavy atom. The van der Waals surface area contributed by atoms with Crippen LogP contribution in [0.2, 0.25) is 0 Å². The molecule has 6 unspecified atom stereocenters. The summed E-state index contributed by atoms with van der Waals surface area (Å²) in [6.45, 7) is 0.124. The maximum Gasteiger partial charge on any atom is 0.348 e. The topological polar surface area (TPSA) is 125 Å². The van der Waals surface area contributed by atoms with Crippen molar-refractivity contribution in [2.45, 2.75) is 49.7 Å². The van der Waals surface area contributed by atoms with E-state index in [2.05, 4.69) is 10.6 Å². The number of aliphatic hydroxyl groups is 1. The van der Waals surface area contributed by atoms with Gasteiger partial charge in [-0.3, -0.25) is 0 Å². The number of methoxy groups -OCH3 is 1. The molecule has 2 saturated heterocycles. The zero-order chi connectivity index (χ0) is 27.9. The number of hydrogen-bond donors (Lipinski definition) is 3. The molecule has 212 valence electrons. The summed E-state index contributed by atoms with van der Waals surface area (Å²) in [4.78, 5) is 25.8. The molecule has 2 aromatic carbocycles. The molecule has 0 aliphatic carbocycles. The lowest BCUT2D eigenvalue weighted by molar-refractivity contribution is -0.233. The Bertz CT molecular complexity index is 1260. The highest BCUT2D eigenvalue weighted by Crippen LogP contribution is 2.36.